The van der Waals surface area contributed by atoms with Gasteiger partial charge in [-0.3, -0.25) is 0 Å². The molecule has 4 aliphatic rings. The lowest BCUT2D eigenvalue weighted by Crippen LogP contribution is -2.49. The molecule has 310 valence electrons. The van der Waals surface area contributed by atoms with Crippen molar-refractivity contribution < 1.29 is 0 Å². The summed E-state index contributed by atoms with van der Waals surface area (Å²) in [6.45, 7) is 7.59. The van der Waals surface area contributed by atoms with Gasteiger partial charge in [0.15, 0.2) is 0 Å². The van der Waals surface area contributed by atoms with Gasteiger partial charge in [-0.25, -0.2) is 0 Å². The molecule has 66 heavy (non-hydrogen) atoms. The van der Waals surface area contributed by atoms with E-state index in [9.17, 15) is 0 Å². The SMILES string of the molecule is CC1CCCC2=C1c1cccc3c(-c4c5ccc(-c6cccc7ccccc67)cc5c(-c5ccc6c7c(cccc57)-c5ccccc5-6)c5cc6c(cc45)-c4ccccc4[Si]6(C)C)ccc2c13. The Bertz CT molecular complexity index is 4030. The topological polar surface area (TPSA) is 0 Å². The molecule has 1 heteroatoms. The first-order valence-electron chi connectivity index (χ1n) is 24.1. The van der Waals surface area contributed by atoms with Crippen molar-refractivity contribution in [3.63, 3.8) is 0 Å². The molecule has 0 radical (unpaired) electrons. The van der Waals surface area contributed by atoms with E-state index < -0.39 is 8.07 Å². The third kappa shape index (κ3) is 4.73. The Morgan fingerprint density at radius 2 is 0.939 bits per heavy atom. The Morgan fingerprint density at radius 3 is 1.76 bits per heavy atom. The van der Waals surface area contributed by atoms with Gasteiger partial charge in [-0.2, -0.15) is 0 Å². The molecule has 1 aliphatic heterocycles. The average Bonchev–Trinajstić information content (AvgIpc) is 3.95. The molecule has 0 N–H and O–H groups in total. The van der Waals surface area contributed by atoms with E-state index in [0.717, 1.165) is 0 Å². The first-order valence-corrected chi connectivity index (χ1v) is 27.1. The Morgan fingerprint density at radius 1 is 0.379 bits per heavy atom. The molecule has 0 saturated heterocycles. The molecule has 0 saturated carbocycles. The van der Waals surface area contributed by atoms with Gasteiger partial charge >= 0.3 is 0 Å². The molecule has 0 bridgehead atoms. The standard InChI is InChI=1S/C65H46Si/c1-37-14-10-22-46-50-32-33-51(48-25-13-26-54(61(37)46)63(48)50)64-53-29-28-39(41-21-11-16-38-15-4-5-17-40(38)41)34-56(53)65(58-36-60-55(35-57(58)64)44-20-8-9-27-59(44)66(60,2)3)52-31-30-49-43-19-7-6-18-42(43)45-23-12-24-47(52)62(45)49/h4-9,11-13,15-21,23-37H,10,14,22H2,1-3H3. The zero-order valence-electron chi connectivity index (χ0n) is 37.5. The lowest BCUT2D eigenvalue weighted by Gasteiger charge is -2.24. The highest BCUT2D eigenvalue weighted by Crippen LogP contribution is 2.56. The van der Waals surface area contributed by atoms with Crippen LogP contribution in [0.1, 0.15) is 37.3 Å². The number of fused-ring (bicyclic) bond motifs is 11. The van der Waals surface area contributed by atoms with Crippen molar-refractivity contribution in [3.8, 4) is 66.8 Å². The second-order valence-electron chi connectivity index (χ2n) is 20.2. The lowest BCUT2D eigenvalue weighted by molar-refractivity contribution is 0.611. The maximum absolute atomic E-state index is 2.68. The Kier molecular flexibility index (Phi) is 7.37. The van der Waals surface area contributed by atoms with Crippen LogP contribution >= 0.6 is 0 Å². The van der Waals surface area contributed by atoms with E-state index in [1.54, 1.807) is 16.3 Å². The van der Waals surface area contributed by atoms with Gasteiger partial charge in [-0.1, -0.05) is 190 Å². The molecule has 1 unspecified atom stereocenters. The maximum atomic E-state index is 2.68. The van der Waals surface area contributed by atoms with E-state index in [1.165, 1.54) is 156 Å². The summed E-state index contributed by atoms with van der Waals surface area (Å²) in [7, 11) is -2.07. The summed E-state index contributed by atoms with van der Waals surface area (Å²) in [6.07, 6.45) is 3.70. The molecule has 1 heterocycles. The number of benzene rings is 11. The van der Waals surface area contributed by atoms with E-state index in [0.29, 0.717) is 5.92 Å². The number of allylic oxidation sites excluding steroid dienone is 2. The van der Waals surface area contributed by atoms with E-state index >= 15 is 0 Å². The van der Waals surface area contributed by atoms with Gasteiger partial charge in [0.25, 0.3) is 0 Å². The summed E-state index contributed by atoms with van der Waals surface area (Å²) in [5.74, 6) is 0.573. The number of hydrogen-bond donors (Lipinski definition) is 0. The number of hydrogen-bond acceptors (Lipinski definition) is 0. The fraction of sp³-hybridized carbons (Fsp3) is 0.108. The molecule has 1 atom stereocenters. The summed E-state index contributed by atoms with van der Waals surface area (Å²) >= 11 is 0. The van der Waals surface area contributed by atoms with E-state index in [1.807, 2.05) is 0 Å². The van der Waals surface area contributed by atoms with E-state index in [2.05, 4.69) is 202 Å². The minimum absolute atomic E-state index is 0.573. The van der Waals surface area contributed by atoms with Crippen LogP contribution < -0.4 is 10.4 Å². The lowest BCUT2D eigenvalue weighted by atomic mass is 9.81. The van der Waals surface area contributed by atoms with Crippen molar-refractivity contribution in [2.75, 3.05) is 0 Å². The van der Waals surface area contributed by atoms with Gasteiger partial charge in [0.1, 0.15) is 8.07 Å². The van der Waals surface area contributed by atoms with Crippen molar-refractivity contribution in [3.05, 3.63) is 193 Å². The summed E-state index contributed by atoms with van der Waals surface area (Å²) in [5.41, 5.74) is 22.1. The predicted molar refractivity (Wildman–Crippen MR) is 287 cm³/mol. The van der Waals surface area contributed by atoms with Crippen LogP contribution in [0.25, 0.3) is 132 Å². The fourth-order valence-electron chi connectivity index (χ4n) is 13.6. The monoisotopic (exact) mass is 854 g/mol. The molecule has 0 nitrogen and oxygen atoms in total. The van der Waals surface area contributed by atoms with Crippen LogP contribution in [-0.2, 0) is 0 Å². The van der Waals surface area contributed by atoms with Gasteiger partial charge < -0.3 is 0 Å². The summed E-state index contributed by atoms with van der Waals surface area (Å²) in [5, 5.41) is 16.5. The number of rotatable bonds is 3. The summed E-state index contributed by atoms with van der Waals surface area (Å²) in [4.78, 5) is 0. The second kappa shape index (κ2) is 13.2. The minimum Gasteiger partial charge on any atom is -0.0623 e. The zero-order chi connectivity index (χ0) is 43.6. The van der Waals surface area contributed by atoms with Crippen molar-refractivity contribution in [2.45, 2.75) is 39.3 Å². The minimum atomic E-state index is -2.07. The molecule has 0 fully saturated rings. The van der Waals surface area contributed by atoms with E-state index in [4.69, 9.17) is 0 Å². The quantitative estimate of drug-likeness (QED) is 0.123. The molecular weight excluding hydrogens is 809 g/mol. The molecule has 15 rings (SSSR count). The highest BCUT2D eigenvalue weighted by atomic mass is 28.3. The first-order chi connectivity index (χ1) is 32.4. The highest BCUT2D eigenvalue weighted by molar-refractivity contribution is 7.04. The normalized spacial score (nSPS) is 16.1. The van der Waals surface area contributed by atoms with Crippen LogP contribution in [0.15, 0.2) is 182 Å². The van der Waals surface area contributed by atoms with Crippen molar-refractivity contribution in [1.29, 1.82) is 0 Å². The Hall–Kier alpha value is -7.32. The van der Waals surface area contributed by atoms with Gasteiger partial charge in [0.05, 0.1) is 0 Å². The third-order valence-corrected chi connectivity index (χ3v) is 20.1. The van der Waals surface area contributed by atoms with Crippen molar-refractivity contribution in [2.24, 2.45) is 5.92 Å². The van der Waals surface area contributed by atoms with Crippen molar-refractivity contribution in [1.82, 2.24) is 0 Å². The molecular formula is C65H46Si. The Balaban J connectivity index is 1.13. The van der Waals surface area contributed by atoms with Gasteiger partial charge in [-0.05, 0) is 191 Å². The van der Waals surface area contributed by atoms with Crippen LogP contribution in [0.2, 0.25) is 13.1 Å². The van der Waals surface area contributed by atoms with Crippen LogP contribution in [0.4, 0.5) is 0 Å². The predicted octanol–water partition coefficient (Wildman–Crippen LogP) is 16.9. The van der Waals surface area contributed by atoms with Crippen LogP contribution in [0.3, 0.4) is 0 Å². The van der Waals surface area contributed by atoms with Crippen LogP contribution in [0.5, 0.6) is 0 Å². The molecule has 11 aromatic rings. The molecule has 0 amide bonds. The largest absolute Gasteiger partial charge is 0.113 e. The first kappa shape index (κ1) is 37.0. The third-order valence-electron chi connectivity index (χ3n) is 16.5. The van der Waals surface area contributed by atoms with E-state index in [-0.39, 0.29) is 0 Å². The van der Waals surface area contributed by atoms with Crippen molar-refractivity contribution >= 4 is 83.5 Å². The summed E-state index contributed by atoms with van der Waals surface area (Å²) in [6, 6.07) is 70.8. The second-order valence-corrected chi connectivity index (χ2v) is 24.5. The molecule has 3 aliphatic carbocycles. The summed E-state index contributed by atoms with van der Waals surface area (Å²) < 4.78 is 0. The van der Waals surface area contributed by atoms with Crippen LogP contribution in [0, 0.1) is 5.92 Å². The zero-order valence-corrected chi connectivity index (χ0v) is 38.5. The molecule has 0 spiro atoms. The molecule has 0 aromatic heterocycles. The van der Waals surface area contributed by atoms with Gasteiger partial charge in [-0.15, -0.1) is 0 Å². The fourth-order valence-corrected chi connectivity index (χ4v) is 16.7. The smallest absolute Gasteiger partial charge is 0.0623 e. The molecule has 11 aromatic carbocycles. The highest BCUT2D eigenvalue weighted by Gasteiger charge is 2.39. The maximum Gasteiger partial charge on any atom is 0.113 e. The van der Waals surface area contributed by atoms with Gasteiger partial charge in [0.2, 0.25) is 0 Å². The van der Waals surface area contributed by atoms with Crippen LogP contribution in [-0.4, -0.2) is 8.07 Å². The average molecular weight is 855 g/mol. The Labute approximate surface area is 386 Å². The van der Waals surface area contributed by atoms with Gasteiger partial charge in [0, 0.05) is 0 Å².